The van der Waals surface area contributed by atoms with E-state index in [-0.39, 0.29) is 6.17 Å². The number of hydrogen-bond donors (Lipinski definition) is 0. The molecule has 6 rings (SSSR count). The Morgan fingerprint density at radius 1 is 0.556 bits per heavy atom. The number of anilines is 2. The topological polar surface area (TPSA) is 6.48 Å². The summed E-state index contributed by atoms with van der Waals surface area (Å²) in [6, 6.07) is 28.9. The van der Waals surface area contributed by atoms with E-state index in [9.17, 15) is 0 Å². The highest BCUT2D eigenvalue weighted by Crippen LogP contribution is 2.47. The van der Waals surface area contributed by atoms with E-state index in [2.05, 4.69) is 103 Å². The first-order valence-corrected chi connectivity index (χ1v) is 9.45. The van der Waals surface area contributed by atoms with Gasteiger partial charge in [0, 0.05) is 19.7 Å². The van der Waals surface area contributed by atoms with Crippen molar-refractivity contribution in [3.8, 4) is 0 Å². The predicted molar refractivity (Wildman–Crippen MR) is 116 cm³/mol. The third-order valence-electron chi connectivity index (χ3n) is 6.22. The van der Waals surface area contributed by atoms with Crippen molar-refractivity contribution in [1.29, 1.82) is 0 Å². The Kier molecular flexibility index (Phi) is 2.83. The van der Waals surface area contributed by atoms with Gasteiger partial charge in [-0.05, 0) is 44.5 Å². The third-order valence-corrected chi connectivity index (χ3v) is 6.22. The molecule has 0 aromatic heterocycles. The van der Waals surface area contributed by atoms with E-state index in [1.165, 1.54) is 49.3 Å². The molecule has 1 aliphatic rings. The Morgan fingerprint density at radius 3 is 1.78 bits per heavy atom. The summed E-state index contributed by atoms with van der Waals surface area (Å²) in [7, 11) is 4.40. The summed E-state index contributed by atoms with van der Waals surface area (Å²) in [4.78, 5) is 4.78. The van der Waals surface area contributed by atoms with Crippen molar-refractivity contribution in [1.82, 2.24) is 0 Å². The van der Waals surface area contributed by atoms with Crippen LogP contribution in [0.25, 0.3) is 32.3 Å². The number of rotatable bonds is 1. The Hall–Kier alpha value is -3.26. The highest BCUT2D eigenvalue weighted by atomic mass is 15.4. The fraction of sp³-hybridized carbons (Fsp3) is 0.120. The molecule has 0 unspecified atom stereocenters. The van der Waals surface area contributed by atoms with Crippen LogP contribution in [-0.2, 0) is 0 Å². The lowest BCUT2D eigenvalue weighted by Gasteiger charge is -2.30. The van der Waals surface area contributed by atoms with Crippen LogP contribution in [0.5, 0.6) is 0 Å². The molecule has 0 saturated heterocycles. The van der Waals surface area contributed by atoms with E-state index in [1.54, 1.807) is 0 Å². The van der Waals surface area contributed by atoms with E-state index < -0.39 is 0 Å². The Balaban J connectivity index is 1.68. The summed E-state index contributed by atoms with van der Waals surface area (Å²) in [6.45, 7) is 0. The molecule has 1 heterocycles. The molecule has 0 saturated carbocycles. The standard InChI is InChI=1S/C25H20N2/c1-26-21-8-3-4-9-22(21)27(2)25(26)20-15-13-18-11-10-16-6-5-7-17-12-14-19(20)24(18)23(16)17/h3-15,25H,1-2H3. The summed E-state index contributed by atoms with van der Waals surface area (Å²) in [5.74, 6) is 0. The fourth-order valence-corrected chi connectivity index (χ4v) is 4.98. The van der Waals surface area contributed by atoms with E-state index in [0.29, 0.717) is 0 Å². The molecule has 27 heavy (non-hydrogen) atoms. The molecule has 0 aliphatic carbocycles. The van der Waals surface area contributed by atoms with E-state index >= 15 is 0 Å². The largest absolute Gasteiger partial charge is 0.349 e. The van der Waals surface area contributed by atoms with Crippen LogP contribution in [0.4, 0.5) is 11.4 Å². The smallest absolute Gasteiger partial charge is 0.128 e. The lowest BCUT2D eigenvalue weighted by atomic mass is 9.91. The van der Waals surface area contributed by atoms with Crippen LogP contribution >= 0.6 is 0 Å². The molecule has 0 fully saturated rings. The molecule has 0 spiro atoms. The normalized spacial score (nSPS) is 14.7. The molecule has 0 amide bonds. The number of para-hydroxylation sites is 2. The third kappa shape index (κ3) is 1.85. The number of nitrogens with zero attached hydrogens (tertiary/aromatic N) is 2. The lowest BCUT2D eigenvalue weighted by molar-refractivity contribution is 0.700. The molecule has 5 aromatic carbocycles. The molecule has 0 atom stereocenters. The maximum Gasteiger partial charge on any atom is 0.128 e. The molecular weight excluding hydrogens is 328 g/mol. The van der Waals surface area contributed by atoms with Crippen LogP contribution in [0, 0.1) is 0 Å². The van der Waals surface area contributed by atoms with Gasteiger partial charge in [0.2, 0.25) is 0 Å². The molecule has 2 heteroatoms. The van der Waals surface area contributed by atoms with Gasteiger partial charge in [-0.2, -0.15) is 0 Å². The average molecular weight is 348 g/mol. The van der Waals surface area contributed by atoms with Gasteiger partial charge < -0.3 is 9.80 Å². The SMILES string of the molecule is CN1c2ccccc2N(C)C1c1ccc2ccc3cccc4ccc1c2c34. The van der Waals surface area contributed by atoms with Crippen LogP contribution < -0.4 is 9.80 Å². The fourth-order valence-electron chi connectivity index (χ4n) is 4.98. The summed E-state index contributed by atoms with van der Waals surface area (Å²) in [5.41, 5.74) is 3.94. The number of benzene rings is 5. The molecule has 5 aromatic rings. The van der Waals surface area contributed by atoms with E-state index in [4.69, 9.17) is 0 Å². The average Bonchev–Trinajstić information content (AvgIpc) is 2.97. The first-order valence-electron chi connectivity index (χ1n) is 9.45. The molecule has 2 nitrogen and oxygen atoms in total. The van der Waals surface area contributed by atoms with Gasteiger partial charge in [-0.3, -0.25) is 0 Å². The number of fused-ring (bicyclic) bond motifs is 1. The highest BCUT2D eigenvalue weighted by molar-refractivity contribution is 6.23. The van der Waals surface area contributed by atoms with Crippen molar-refractivity contribution in [2.45, 2.75) is 6.17 Å². The van der Waals surface area contributed by atoms with Gasteiger partial charge >= 0.3 is 0 Å². The highest BCUT2D eigenvalue weighted by Gasteiger charge is 2.33. The molecule has 130 valence electrons. The van der Waals surface area contributed by atoms with Gasteiger partial charge in [-0.15, -0.1) is 0 Å². The molecule has 1 aliphatic heterocycles. The summed E-state index contributed by atoms with van der Waals surface area (Å²) < 4.78 is 0. The Morgan fingerprint density at radius 2 is 1.11 bits per heavy atom. The van der Waals surface area contributed by atoms with Crippen molar-refractivity contribution in [2.75, 3.05) is 23.9 Å². The monoisotopic (exact) mass is 348 g/mol. The zero-order valence-corrected chi connectivity index (χ0v) is 15.5. The van der Waals surface area contributed by atoms with Gasteiger partial charge in [0.15, 0.2) is 0 Å². The zero-order chi connectivity index (χ0) is 18.1. The van der Waals surface area contributed by atoms with Gasteiger partial charge in [0.1, 0.15) is 6.17 Å². The van der Waals surface area contributed by atoms with E-state index in [1.807, 2.05) is 0 Å². The molecule has 0 bridgehead atoms. The van der Waals surface area contributed by atoms with Gasteiger partial charge in [-0.25, -0.2) is 0 Å². The predicted octanol–water partition coefficient (Wildman–Crippen LogP) is 6.17. The number of hydrogen-bond acceptors (Lipinski definition) is 2. The van der Waals surface area contributed by atoms with Crippen LogP contribution in [0.3, 0.4) is 0 Å². The van der Waals surface area contributed by atoms with Crippen molar-refractivity contribution in [3.63, 3.8) is 0 Å². The summed E-state index contributed by atoms with van der Waals surface area (Å²) in [5, 5.41) is 8.08. The minimum absolute atomic E-state index is 0.201. The Bertz CT molecular complexity index is 1280. The van der Waals surface area contributed by atoms with E-state index in [0.717, 1.165) is 0 Å². The van der Waals surface area contributed by atoms with Gasteiger partial charge in [-0.1, -0.05) is 66.7 Å². The van der Waals surface area contributed by atoms with Crippen molar-refractivity contribution < 1.29 is 0 Å². The second-order valence-electron chi connectivity index (χ2n) is 7.60. The van der Waals surface area contributed by atoms with Crippen LogP contribution in [-0.4, -0.2) is 14.1 Å². The van der Waals surface area contributed by atoms with Crippen molar-refractivity contribution in [2.24, 2.45) is 0 Å². The lowest BCUT2D eigenvalue weighted by Crippen LogP contribution is -2.30. The Labute approximate surface area is 158 Å². The quantitative estimate of drug-likeness (QED) is 0.334. The molecule has 0 radical (unpaired) electrons. The first-order chi connectivity index (χ1) is 13.2. The van der Waals surface area contributed by atoms with Crippen LogP contribution in [0.1, 0.15) is 11.7 Å². The van der Waals surface area contributed by atoms with Gasteiger partial charge in [0.25, 0.3) is 0 Å². The zero-order valence-electron chi connectivity index (χ0n) is 15.5. The summed E-state index contributed by atoms with van der Waals surface area (Å²) >= 11 is 0. The molecule has 0 N–H and O–H groups in total. The summed E-state index contributed by atoms with van der Waals surface area (Å²) in [6.07, 6.45) is 0.201. The minimum Gasteiger partial charge on any atom is -0.349 e. The maximum absolute atomic E-state index is 2.39. The first kappa shape index (κ1) is 14.9. The second-order valence-corrected chi connectivity index (χ2v) is 7.60. The van der Waals surface area contributed by atoms with Crippen molar-refractivity contribution >= 4 is 43.7 Å². The van der Waals surface area contributed by atoms with Gasteiger partial charge in [0.05, 0.1) is 11.4 Å². The minimum atomic E-state index is 0.201. The molecular formula is C25H20N2. The second kappa shape index (κ2) is 5.14. The van der Waals surface area contributed by atoms with Crippen LogP contribution in [0.15, 0.2) is 78.9 Å². The van der Waals surface area contributed by atoms with Crippen LogP contribution in [0.2, 0.25) is 0 Å². The maximum atomic E-state index is 2.39. The van der Waals surface area contributed by atoms with Crippen molar-refractivity contribution in [3.05, 3.63) is 84.4 Å².